The van der Waals surface area contributed by atoms with Gasteiger partial charge in [0, 0.05) is 18.2 Å². The number of ether oxygens (including phenoxy) is 1. The second-order valence-electron chi connectivity index (χ2n) is 6.63. The van der Waals surface area contributed by atoms with Crippen LogP contribution in [0, 0.1) is 0 Å². The molecule has 3 aromatic carbocycles. The quantitative estimate of drug-likeness (QED) is 0.531. The summed E-state index contributed by atoms with van der Waals surface area (Å²) in [5.74, 6) is 0.289. The van der Waals surface area contributed by atoms with Crippen LogP contribution in [0.1, 0.15) is 6.92 Å². The van der Waals surface area contributed by atoms with Gasteiger partial charge >= 0.3 is 0 Å². The van der Waals surface area contributed by atoms with E-state index in [4.69, 9.17) is 9.15 Å². The molecule has 1 N–H and O–H groups in total. The molecule has 1 amide bonds. The highest BCUT2D eigenvalue weighted by atomic mass is 16.5. The van der Waals surface area contributed by atoms with Crippen LogP contribution in [0.2, 0.25) is 0 Å². The van der Waals surface area contributed by atoms with Gasteiger partial charge < -0.3 is 14.5 Å². The van der Waals surface area contributed by atoms with Crippen LogP contribution in [-0.4, -0.2) is 13.0 Å². The number of rotatable bonds is 4. The fraction of sp³-hybridized carbons (Fsp3) is 0.0833. The van der Waals surface area contributed by atoms with Crippen molar-refractivity contribution in [3.05, 3.63) is 83.0 Å². The Morgan fingerprint density at radius 2 is 1.55 bits per heavy atom. The van der Waals surface area contributed by atoms with Crippen LogP contribution in [0.3, 0.4) is 0 Å². The van der Waals surface area contributed by atoms with Gasteiger partial charge in [-0.15, -0.1) is 0 Å². The molecule has 0 saturated heterocycles. The van der Waals surface area contributed by atoms with E-state index in [1.165, 1.54) is 14.0 Å². The molecule has 0 spiro atoms. The molecular formula is C24H19NO4. The summed E-state index contributed by atoms with van der Waals surface area (Å²) in [6, 6.07) is 22.8. The van der Waals surface area contributed by atoms with E-state index in [9.17, 15) is 9.59 Å². The van der Waals surface area contributed by atoms with Crippen LogP contribution in [0.15, 0.2) is 82.0 Å². The number of methoxy groups -OCH3 is 1. The third-order valence-corrected chi connectivity index (χ3v) is 4.63. The van der Waals surface area contributed by atoms with Crippen molar-refractivity contribution in [1.29, 1.82) is 0 Å². The SMILES string of the molecule is COc1c(-c2ccc(-c3ccccc3)cc2)oc2ccc(NC(C)=O)cc2c1=O. The van der Waals surface area contributed by atoms with Gasteiger partial charge in [-0.2, -0.15) is 0 Å². The lowest BCUT2D eigenvalue weighted by Gasteiger charge is -2.11. The molecule has 0 saturated carbocycles. The van der Waals surface area contributed by atoms with E-state index in [1.54, 1.807) is 18.2 Å². The van der Waals surface area contributed by atoms with Crippen LogP contribution >= 0.6 is 0 Å². The van der Waals surface area contributed by atoms with Gasteiger partial charge in [0.05, 0.1) is 12.5 Å². The highest BCUT2D eigenvalue weighted by Gasteiger charge is 2.17. The second kappa shape index (κ2) is 7.64. The first kappa shape index (κ1) is 18.5. The summed E-state index contributed by atoms with van der Waals surface area (Å²) < 4.78 is 11.4. The van der Waals surface area contributed by atoms with E-state index in [0.717, 1.165) is 16.7 Å². The monoisotopic (exact) mass is 385 g/mol. The zero-order chi connectivity index (χ0) is 20.4. The molecule has 0 aliphatic carbocycles. The summed E-state index contributed by atoms with van der Waals surface area (Å²) in [5.41, 5.74) is 3.58. The lowest BCUT2D eigenvalue weighted by atomic mass is 10.0. The third kappa shape index (κ3) is 3.62. The normalized spacial score (nSPS) is 10.7. The average molecular weight is 385 g/mol. The minimum Gasteiger partial charge on any atom is -0.490 e. The van der Waals surface area contributed by atoms with E-state index in [-0.39, 0.29) is 17.1 Å². The second-order valence-corrected chi connectivity index (χ2v) is 6.63. The van der Waals surface area contributed by atoms with Crippen molar-refractivity contribution in [3.63, 3.8) is 0 Å². The predicted molar refractivity (Wildman–Crippen MR) is 114 cm³/mol. The standard InChI is InChI=1S/C24H19NO4/c1-15(26)25-19-12-13-21-20(14-19)22(27)24(28-2)23(29-21)18-10-8-17(9-11-18)16-6-4-3-5-7-16/h3-14H,1-2H3,(H,25,26). The maximum absolute atomic E-state index is 13.0. The van der Waals surface area contributed by atoms with Crippen LogP contribution < -0.4 is 15.5 Å². The minimum absolute atomic E-state index is 0.130. The van der Waals surface area contributed by atoms with Gasteiger partial charge in [-0.25, -0.2) is 0 Å². The van der Waals surface area contributed by atoms with E-state index < -0.39 is 0 Å². The van der Waals surface area contributed by atoms with Crippen LogP contribution in [-0.2, 0) is 4.79 Å². The van der Waals surface area contributed by atoms with Gasteiger partial charge in [-0.05, 0) is 29.3 Å². The van der Waals surface area contributed by atoms with Crippen molar-refractivity contribution in [2.24, 2.45) is 0 Å². The van der Waals surface area contributed by atoms with Crippen molar-refractivity contribution in [2.45, 2.75) is 6.92 Å². The van der Waals surface area contributed by atoms with Crippen LogP contribution in [0.5, 0.6) is 5.75 Å². The minimum atomic E-state index is -0.289. The molecular weight excluding hydrogens is 366 g/mol. The Hall–Kier alpha value is -3.86. The number of anilines is 1. The summed E-state index contributed by atoms with van der Waals surface area (Å²) in [6.45, 7) is 1.41. The maximum atomic E-state index is 13.0. The molecule has 0 aliphatic rings. The van der Waals surface area contributed by atoms with Gasteiger partial charge in [0.15, 0.2) is 5.76 Å². The summed E-state index contributed by atoms with van der Waals surface area (Å²) >= 11 is 0. The van der Waals surface area contributed by atoms with E-state index in [0.29, 0.717) is 22.4 Å². The van der Waals surface area contributed by atoms with E-state index >= 15 is 0 Å². The Balaban J connectivity index is 1.81. The molecule has 1 heterocycles. The molecule has 0 unspecified atom stereocenters. The van der Waals surface area contributed by atoms with E-state index in [2.05, 4.69) is 5.32 Å². The van der Waals surface area contributed by atoms with Gasteiger partial charge in [0.25, 0.3) is 0 Å². The Labute approximate surface area is 167 Å². The Morgan fingerprint density at radius 3 is 2.21 bits per heavy atom. The summed E-state index contributed by atoms with van der Waals surface area (Å²) in [6.07, 6.45) is 0. The van der Waals surface area contributed by atoms with Crippen molar-refractivity contribution in [2.75, 3.05) is 12.4 Å². The van der Waals surface area contributed by atoms with Gasteiger partial charge in [0.1, 0.15) is 5.58 Å². The molecule has 0 fully saturated rings. The highest BCUT2D eigenvalue weighted by Crippen LogP contribution is 2.33. The number of fused-ring (bicyclic) bond motifs is 1. The number of carbonyl (C=O) groups excluding carboxylic acids is 1. The molecule has 4 aromatic rings. The first-order valence-corrected chi connectivity index (χ1v) is 9.15. The maximum Gasteiger partial charge on any atom is 0.235 e. The molecule has 144 valence electrons. The topological polar surface area (TPSA) is 68.5 Å². The average Bonchev–Trinajstić information content (AvgIpc) is 2.74. The van der Waals surface area contributed by atoms with Gasteiger partial charge in [-0.1, -0.05) is 54.6 Å². The number of carbonyl (C=O) groups is 1. The van der Waals surface area contributed by atoms with Gasteiger partial charge in [0.2, 0.25) is 17.1 Å². The smallest absolute Gasteiger partial charge is 0.235 e. The summed E-state index contributed by atoms with van der Waals surface area (Å²) in [7, 11) is 1.44. The number of nitrogens with one attached hydrogen (secondary N) is 1. The predicted octanol–water partition coefficient (Wildman–Crippen LogP) is 5.09. The number of benzene rings is 3. The Bertz CT molecular complexity index is 1240. The molecule has 29 heavy (non-hydrogen) atoms. The van der Waals surface area contributed by atoms with Crippen molar-refractivity contribution in [1.82, 2.24) is 0 Å². The Kier molecular flexibility index (Phi) is 4.87. The first-order chi connectivity index (χ1) is 14.1. The number of hydrogen-bond donors (Lipinski definition) is 1. The lowest BCUT2D eigenvalue weighted by Crippen LogP contribution is -2.09. The van der Waals surface area contributed by atoms with Crippen LogP contribution in [0.4, 0.5) is 5.69 Å². The fourth-order valence-corrected chi connectivity index (χ4v) is 3.28. The van der Waals surface area contributed by atoms with Crippen molar-refractivity contribution < 1.29 is 13.9 Å². The molecule has 5 heteroatoms. The number of amides is 1. The number of hydrogen-bond acceptors (Lipinski definition) is 4. The molecule has 4 rings (SSSR count). The molecule has 0 bridgehead atoms. The zero-order valence-corrected chi connectivity index (χ0v) is 16.1. The molecule has 5 nitrogen and oxygen atoms in total. The fourth-order valence-electron chi connectivity index (χ4n) is 3.28. The Morgan fingerprint density at radius 1 is 0.897 bits per heavy atom. The van der Waals surface area contributed by atoms with E-state index in [1.807, 2.05) is 54.6 Å². The largest absolute Gasteiger partial charge is 0.490 e. The lowest BCUT2D eigenvalue weighted by molar-refractivity contribution is -0.114. The van der Waals surface area contributed by atoms with Crippen molar-refractivity contribution >= 4 is 22.6 Å². The molecule has 1 aromatic heterocycles. The molecule has 0 aliphatic heterocycles. The van der Waals surface area contributed by atoms with Crippen LogP contribution in [0.25, 0.3) is 33.4 Å². The third-order valence-electron chi connectivity index (χ3n) is 4.63. The molecule has 0 atom stereocenters. The summed E-state index contributed by atoms with van der Waals surface area (Å²) in [4.78, 5) is 24.3. The molecule has 0 radical (unpaired) electrons. The van der Waals surface area contributed by atoms with Gasteiger partial charge in [-0.3, -0.25) is 9.59 Å². The zero-order valence-electron chi connectivity index (χ0n) is 16.1. The van der Waals surface area contributed by atoms with Crippen molar-refractivity contribution in [3.8, 4) is 28.2 Å². The highest BCUT2D eigenvalue weighted by molar-refractivity contribution is 5.92. The first-order valence-electron chi connectivity index (χ1n) is 9.15. The summed E-state index contributed by atoms with van der Waals surface area (Å²) in [5, 5.41) is 3.01.